The van der Waals surface area contributed by atoms with Gasteiger partial charge in [0.1, 0.15) is 5.15 Å². The maximum absolute atomic E-state index is 6.14. The van der Waals surface area contributed by atoms with Gasteiger partial charge in [0.2, 0.25) is 0 Å². The Hall–Kier alpha value is -0.310. The minimum absolute atomic E-state index is 0.343. The third-order valence-electron chi connectivity index (χ3n) is 2.48. The molecular weight excluding hydrogens is 309 g/mol. The number of halogens is 3. The topological polar surface area (TPSA) is 12.9 Å². The largest absolute Gasteiger partial charge is 0.234 e. The highest BCUT2D eigenvalue weighted by molar-refractivity contribution is 9.10. The summed E-state index contributed by atoms with van der Waals surface area (Å²) >= 11 is 15.7. The molecule has 2 rings (SSSR count). The molecule has 0 atom stereocenters. The first kappa shape index (κ1) is 12.2. The van der Waals surface area contributed by atoms with Gasteiger partial charge < -0.3 is 0 Å². The predicted octanol–water partition coefficient (Wildman–Crippen LogP) is 5.43. The molecule has 1 aromatic carbocycles. The molecule has 1 nitrogen and oxygen atoms in total. The molecule has 0 N–H and O–H groups in total. The van der Waals surface area contributed by atoms with Crippen molar-refractivity contribution >= 4 is 50.0 Å². The molecule has 0 aliphatic rings. The predicted molar refractivity (Wildman–Crippen MR) is 73.6 cm³/mol. The molecule has 0 amide bonds. The summed E-state index contributed by atoms with van der Waals surface area (Å²) in [6, 6.07) is 5.78. The summed E-state index contributed by atoms with van der Waals surface area (Å²) in [6.07, 6.45) is 0. The lowest BCUT2D eigenvalue weighted by molar-refractivity contribution is 0.862. The Bertz CT molecular complexity index is 552. The van der Waals surface area contributed by atoms with E-state index in [0.29, 0.717) is 16.1 Å². The second kappa shape index (κ2) is 4.52. The Labute approximate surface area is 113 Å². The fourth-order valence-corrected chi connectivity index (χ4v) is 2.59. The first-order valence-corrected chi connectivity index (χ1v) is 6.49. The molecule has 0 bridgehead atoms. The van der Waals surface area contributed by atoms with Gasteiger partial charge in [-0.05, 0) is 29.7 Å². The smallest absolute Gasteiger partial charge is 0.133 e. The monoisotopic (exact) mass is 317 g/mol. The zero-order valence-corrected chi connectivity index (χ0v) is 12.0. The van der Waals surface area contributed by atoms with Crippen molar-refractivity contribution in [2.24, 2.45) is 0 Å². The van der Waals surface area contributed by atoms with Gasteiger partial charge in [-0.1, -0.05) is 53.0 Å². The van der Waals surface area contributed by atoms with E-state index < -0.39 is 0 Å². The third kappa shape index (κ3) is 2.06. The van der Waals surface area contributed by atoms with Crippen LogP contribution in [0.3, 0.4) is 0 Å². The third-order valence-corrected chi connectivity index (χ3v) is 3.78. The van der Waals surface area contributed by atoms with E-state index in [0.717, 1.165) is 20.9 Å². The van der Waals surface area contributed by atoms with E-state index in [1.54, 1.807) is 0 Å². The van der Waals surface area contributed by atoms with Crippen LogP contribution in [0.5, 0.6) is 0 Å². The summed E-state index contributed by atoms with van der Waals surface area (Å²) in [5, 5.41) is 2.15. The van der Waals surface area contributed by atoms with Crippen LogP contribution in [0.4, 0.5) is 0 Å². The molecule has 0 aliphatic heterocycles. The van der Waals surface area contributed by atoms with Gasteiger partial charge in [-0.15, -0.1) is 0 Å². The van der Waals surface area contributed by atoms with E-state index in [1.165, 1.54) is 0 Å². The van der Waals surface area contributed by atoms with Crippen LogP contribution in [0, 0.1) is 0 Å². The average Bonchev–Trinajstić information content (AvgIpc) is 2.23. The van der Waals surface area contributed by atoms with E-state index >= 15 is 0 Å². The Morgan fingerprint density at radius 1 is 1.25 bits per heavy atom. The van der Waals surface area contributed by atoms with Gasteiger partial charge in [-0.3, -0.25) is 0 Å². The Morgan fingerprint density at radius 2 is 1.94 bits per heavy atom. The lowest BCUT2D eigenvalue weighted by Gasteiger charge is -2.10. The molecule has 0 saturated heterocycles. The van der Waals surface area contributed by atoms with Crippen LogP contribution in [0.1, 0.15) is 25.3 Å². The minimum Gasteiger partial charge on any atom is -0.234 e. The number of nitrogens with zero attached hydrogens (tertiary/aromatic N) is 1. The number of hydrogen-bond acceptors (Lipinski definition) is 1. The molecule has 0 spiro atoms. The molecule has 0 unspecified atom stereocenters. The SMILES string of the molecule is CC(C)c1cc2c(Br)ccc(Cl)c2nc1Cl. The van der Waals surface area contributed by atoms with Gasteiger partial charge >= 0.3 is 0 Å². The van der Waals surface area contributed by atoms with Crippen LogP contribution >= 0.6 is 39.1 Å². The van der Waals surface area contributed by atoms with Crippen LogP contribution in [0.25, 0.3) is 10.9 Å². The molecule has 2 aromatic rings. The van der Waals surface area contributed by atoms with Crippen LogP contribution < -0.4 is 0 Å². The Balaban J connectivity index is 2.84. The molecule has 0 aliphatic carbocycles. The Kier molecular flexibility index (Phi) is 3.43. The number of aromatic nitrogens is 1. The molecule has 0 saturated carbocycles. The number of rotatable bonds is 1. The van der Waals surface area contributed by atoms with Crippen LogP contribution in [-0.2, 0) is 0 Å². The fourth-order valence-electron chi connectivity index (χ4n) is 1.59. The molecule has 1 aromatic heterocycles. The van der Waals surface area contributed by atoms with Crippen LogP contribution in [0.15, 0.2) is 22.7 Å². The number of hydrogen-bond donors (Lipinski definition) is 0. The summed E-state index contributed by atoms with van der Waals surface area (Å²) in [6.45, 7) is 4.18. The number of benzene rings is 1. The second-order valence-corrected chi connectivity index (χ2v) is 5.57. The standard InChI is InChI=1S/C12H10BrCl2N/c1-6(2)7-5-8-9(13)3-4-10(14)11(8)16-12(7)15/h3-6H,1-2H3. The molecule has 4 heteroatoms. The lowest BCUT2D eigenvalue weighted by Crippen LogP contribution is -1.93. The summed E-state index contributed by atoms with van der Waals surface area (Å²) in [5.41, 5.74) is 1.78. The van der Waals surface area contributed by atoms with Gasteiger partial charge in [-0.2, -0.15) is 0 Å². The van der Waals surface area contributed by atoms with Gasteiger partial charge in [0.25, 0.3) is 0 Å². The summed E-state index contributed by atoms with van der Waals surface area (Å²) in [4.78, 5) is 4.36. The van der Waals surface area contributed by atoms with Crippen molar-refractivity contribution in [3.63, 3.8) is 0 Å². The highest BCUT2D eigenvalue weighted by Crippen LogP contribution is 2.33. The highest BCUT2D eigenvalue weighted by atomic mass is 79.9. The van der Waals surface area contributed by atoms with E-state index in [-0.39, 0.29) is 0 Å². The molecule has 84 valence electrons. The first-order chi connectivity index (χ1) is 7.50. The van der Waals surface area contributed by atoms with E-state index in [1.807, 2.05) is 18.2 Å². The zero-order chi connectivity index (χ0) is 11.9. The quantitative estimate of drug-likeness (QED) is 0.639. The number of fused-ring (bicyclic) bond motifs is 1. The minimum atomic E-state index is 0.343. The van der Waals surface area contributed by atoms with Crippen molar-refractivity contribution in [1.29, 1.82) is 0 Å². The fraction of sp³-hybridized carbons (Fsp3) is 0.250. The molecular formula is C12H10BrCl2N. The van der Waals surface area contributed by atoms with E-state index in [4.69, 9.17) is 23.2 Å². The van der Waals surface area contributed by atoms with Gasteiger partial charge in [0, 0.05) is 9.86 Å². The van der Waals surface area contributed by atoms with Crippen LogP contribution in [0.2, 0.25) is 10.2 Å². The van der Waals surface area contributed by atoms with Crippen molar-refractivity contribution in [2.75, 3.05) is 0 Å². The Morgan fingerprint density at radius 3 is 2.56 bits per heavy atom. The van der Waals surface area contributed by atoms with Gasteiger partial charge in [0.05, 0.1) is 10.5 Å². The molecule has 16 heavy (non-hydrogen) atoms. The average molecular weight is 319 g/mol. The normalized spacial score (nSPS) is 11.4. The lowest BCUT2D eigenvalue weighted by atomic mass is 10.0. The summed E-state index contributed by atoms with van der Waals surface area (Å²) in [5.74, 6) is 0.343. The van der Waals surface area contributed by atoms with Crippen LogP contribution in [-0.4, -0.2) is 4.98 Å². The molecule has 0 fully saturated rings. The second-order valence-electron chi connectivity index (χ2n) is 3.95. The van der Waals surface area contributed by atoms with E-state index in [2.05, 4.69) is 34.8 Å². The van der Waals surface area contributed by atoms with Crippen molar-refractivity contribution in [1.82, 2.24) is 4.98 Å². The van der Waals surface area contributed by atoms with E-state index in [9.17, 15) is 0 Å². The maximum atomic E-state index is 6.14. The van der Waals surface area contributed by atoms with Crippen molar-refractivity contribution in [3.05, 3.63) is 38.4 Å². The number of pyridine rings is 1. The maximum Gasteiger partial charge on any atom is 0.133 e. The van der Waals surface area contributed by atoms with Crippen molar-refractivity contribution in [3.8, 4) is 0 Å². The van der Waals surface area contributed by atoms with Gasteiger partial charge in [-0.25, -0.2) is 4.98 Å². The molecule has 0 radical (unpaired) electrons. The highest BCUT2D eigenvalue weighted by Gasteiger charge is 2.12. The van der Waals surface area contributed by atoms with Crippen molar-refractivity contribution < 1.29 is 0 Å². The van der Waals surface area contributed by atoms with Crippen molar-refractivity contribution in [2.45, 2.75) is 19.8 Å². The summed E-state index contributed by atoms with van der Waals surface area (Å²) < 4.78 is 0.984. The zero-order valence-electron chi connectivity index (χ0n) is 8.89. The first-order valence-electron chi connectivity index (χ1n) is 4.95. The molecule has 1 heterocycles. The van der Waals surface area contributed by atoms with Gasteiger partial charge in [0.15, 0.2) is 0 Å². The summed E-state index contributed by atoms with van der Waals surface area (Å²) in [7, 11) is 0.